The van der Waals surface area contributed by atoms with Gasteiger partial charge in [-0.1, -0.05) is 30.3 Å². The molecule has 2 aliphatic rings. The Kier molecular flexibility index (Phi) is 6.58. The lowest BCUT2D eigenvalue weighted by atomic mass is 10.1. The van der Waals surface area contributed by atoms with Gasteiger partial charge in [0.25, 0.3) is 0 Å². The molecule has 6 rings (SSSR count). The summed E-state index contributed by atoms with van der Waals surface area (Å²) < 4.78 is 0. The third-order valence-corrected chi connectivity index (χ3v) is 8.03. The molecule has 0 aliphatic carbocycles. The van der Waals surface area contributed by atoms with Crippen LogP contribution in [0, 0.1) is 5.92 Å². The van der Waals surface area contributed by atoms with Gasteiger partial charge in [0.2, 0.25) is 11.8 Å². The molecule has 0 radical (unpaired) electrons. The summed E-state index contributed by atoms with van der Waals surface area (Å²) in [7, 11) is 0. The minimum Gasteiger partial charge on any atom is -0.345 e. The van der Waals surface area contributed by atoms with Crippen LogP contribution in [-0.4, -0.2) is 82.6 Å². The van der Waals surface area contributed by atoms with E-state index in [4.69, 9.17) is 0 Å². The second kappa shape index (κ2) is 10.3. The first-order chi connectivity index (χ1) is 18.1. The molecular weight excluding hydrogens is 486 g/mol. The second-order valence-corrected chi connectivity index (χ2v) is 10.5. The molecule has 190 valence electrons. The van der Waals surface area contributed by atoms with Crippen LogP contribution in [0.25, 0.3) is 22.2 Å². The average molecular weight is 516 g/mol. The van der Waals surface area contributed by atoms with Crippen molar-refractivity contribution in [1.82, 2.24) is 25.0 Å². The van der Waals surface area contributed by atoms with E-state index in [-0.39, 0.29) is 17.7 Å². The zero-order chi connectivity index (χ0) is 25.2. The number of anilines is 2. The number of likely N-dealkylation sites (tertiary alicyclic amines) is 1. The van der Waals surface area contributed by atoms with E-state index in [0.717, 1.165) is 59.0 Å². The molecule has 2 N–H and O–H groups in total. The van der Waals surface area contributed by atoms with Crippen LogP contribution in [0.15, 0.2) is 60.1 Å². The number of benzene rings is 2. The second-order valence-electron chi connectivity index (χ2n) is 9.59. The highest BCUT2D eigenvalue weighted by Gasteiger charge is 2.31. The molecule has 9 nitrogen and oxygen atoms in total. The number of thiazole rings is 1. The van der Waals surface area contributed by atoms with Gasteiger partial charge in [0.1, 0.15) is 0 Å². The van der Waals surface area contributed by atoms with Gasteiger partial charge in [0.05, 0.1) is 23.7 Å². The van der Waals surface area contributed by atoms with E-state index in [1.807, 2.05) is 65.0 Å². The number of nitrogens with zero attached hydrogens (tertiary/aromatic N) is 5. The number of fused-ring (bicyclic) bond motifs is 1. The molecule has 2 saturated heterocycles. The molecule has 2 fully saturated rings. The summed E-state index contributed by atoms with van der Waals surface area (Å²) in [5, 5.41) is 14.6. The highest BCUT2D eigenvalue weighted by atomic mass is 32.1. The fourth-order valence-corrected chi connectivity index (χ4v) is 5.85. The van der Waals surface area contributed by atoms with E-state index in [9.17, 15) is 9.59 Å². The van der Waals surface area contributed by atoms with E-state index < -0.39 is 0 Å². The van der Waals surface area contributed by atoms with Crippen molar-refractivity contribution in [2.75, 3.05) is 56.0 Å². The van der Waals surface area contributed by atoms with Gasteiger partial charge in [-0.2, -0.15) is 5.10 Å². The molecule has 2 amide bonds. The van der Waals surface area contributed by atoms with Gasteiger partial charge in [-0.3, -0.25) is 19.6 Å². The summed E-state index contributed by atoms with van der Waals surface area (Å²) in [6, 6.07) is 15.8. The van der Waals surface area contributed by atoms with Crippen LogP contribution in [0.1, 0.15) is 6.42 Å². The van der Waals surface area contributed by atoms with Crippen LogP contribution in [0.5, 0.6) is 0 Å². The van der Waals surface area contributed by atoms with Gasteiger partial charge in [0, 0.05) is 60.9 Å². The zero-order valence-electron chi connectivity index (χ0n) is 20.5. The van der Waals surface area contributed by atoms with Gasteiger partial charge in [-0.15, -0.1) is 11.3 Å². The quantitative estimate of drug-likeness (QED) is 0.409. The number of amides is 2. The number of piperazine rings is 1. The lowest BCUT2D eigenvalue weighted by Crippen LogP contribution is -2.51. The fourth-order valence-electron chi connectivity index (χ4n) is 5.15. The Balaban J connectivity index is 1.03. The van der Waals surface area contributed by atoms with E-state index >= 15 is 0 Å². The lowest BCUT2D eigenvalue weighted by molar-refractivity contribution is -0.132. The Morgan fingerprint density at radius 3 is 2.68 bits per heavy atom. The smallest absolute Gasteiger partial charge is 0.236 e. The van der Waals surface area contributed by atoms with E-state index in [1.165, 1.54) is 0 Å². The number of nitrogens with one attached hydrogen (secondary N) is 2. The Morgan fingerprint density at radius 1 is 1.05 bits per heavy atom. The van der Waals surface area contributed by atoms with Crippen molar-refractivity contribution in [2.24, 2.45) is 5.92 Å². The molecule has 0 saturated carbocycles. The average Bonchev–Trinajstić information content (AvgIpc) is 3.70. The van der Waals surface area contributed by atoms with Gasteiger partial charge in [0.15, 0.2) is 5.13 Å². The molecule has 1 unspecified atom stereocenters. The van der Waals surface area contributed by atoms with Crippen molar-refractivity contribution in [3.63, 3.8) is 0 Å². The number of H-pyrrole nitrogens is 1. The minimum absolute atomic E-state index is 0.00360. The molecule has 10 heteroatoms. The van der Waals surface area contributed by atoms with Crippen LogP contribution in [0.2, 0.25) is 0 Å². The molecule has 1 atom stereocenters. The summed E-state index contributed by atoms with van der Waals surface area (Å²) in [4.78, 5) is 36.6. The summed E-state index contributed by atoms with van der Waals surface area (Å²) in [5.74, 6) is -0.00185. The number of hydrogen-bond donors (Lipinski definition) is 2. The van der Waals surface area contributed by atoms with Crippen LogP contribution < -0.4 is 10.2 Å². The van der Waals surface area contributed by atoms with E-state index in [2.05, 4.69) is 30.3 Å². The Labute approximate surface area is 219 Å². The molecule has 0 spiro atoms. The van der Waals surface area contributed by atoms with Crippen molar-refractivity contribution in [1.29, 1.82) is 0 Å². The predicted molar refractivity (Wildman–Crippen MR) is 146 cm³/mol. The van der Waals surface area contributed by atoms with Gasteiger partial charge in [-0.25, -0.2) is 4.98 Å². The topological polar surface area (TPSA) is 97.5 Å². The van der Waals surface area contributed by atoms with Crippen LogP contribution >= 0.6 is 11.3 Å². The van der Waals surface area contributed by atoms with Crippen LogP contribution in [0.4, 0.5) is 10.8 Å². The first-order valence-corrected chi connectivity index (χ1v) is 13.5. The normalized spacial score (nSPS) is 18.4. The largest absolute Gasteiger partial charge is 0.345 e. The summed E-state index contributed by atoms with van der Waals surface area (Å²) >= 11 is 1.63. The molecule has 0 bridgehead atoms. The number of aromatic nitrogens is 3. The number of carbonyl (C=O) groups is 2. The molecule has 4 aromatic rings. The summed E-state index contributed by atoms with van der Waals surface area (Å²) in [6.07, 6.45) is 2.56. The van der Waals surface area contributed by atoms with Gasteiger partial charge < -0.3 is 15.1 Å². The molecule has 2 aromatic carbocycles. The van der Waals surface area contributed by atoms with Crippen LogP contribution in [-0.2, 0) is 9.59 Å². The lowest BCUT2D eigenvalue weighted by Gasteiger charge is -2.35. The number of rotatable bonds is 6. The molecular formula is C27H29N7O2S. The fraction of sp³-hybridized carbons (Fsp3) is 0.333. The van der Waals surface area contributed by atoms with Crippen LogP contribution in [0.3, 0.4) is 0 Å². The third-order valence-electron chi connectivity index (χ3n) is 7.20. The highest BCUT2D eigenvalue weighted by Crippen LogP contribution is 2.29. The van der Waals surface area contributed by atoms with Crippen molar-refractivity contribution in [2.45, 2.75) is 6.42 Å². The predicted octanol–water partition coefficient (Wildman–Crippen LogP) is 3.30. The maximum Gasteiger partial charge on any atom is 0.236 e. The standard InChI is InChI=1S/C27H29N7O2S/c35-24(33-11-13-34(14-12-33)27-28-9-15-37-27)18-32-10-8-20(17-32)26(36)29-21-6-7-23-22(16-21)25(31-30-23)19-4-2-1-3-5-19/h1-7,9,15-16,20H,8,10-14,17-18H2,(H,29,36)(H,30,31). The number of hydrogen-bond acceptors (Lipinski definition) is 7. The molecule has 2 aliphatic heterocycles. The third kappa shape index (κ3) is 5.07. The first-order valence-electron chi connectivity index (χ1n) is 12.6. The van der Waals surface area contributed by atoms with E-state index in [0.29, 0.717) is 26.2 Å². The zero-order valence-corrected chi connectivity index (χ0v) is 21.3. The maximum absolute atomic E-state index is 13.1. The van der Waals surface area contributed by atoms with Gasteiger partial charge in [-0.05, 0) is 31.2 Å². The summed E-state index contributed by atoms with van der Waals surface area (Å²) in [6.45, 7) is 4.73. The van der Waals surface area contributed by atoms with Crippen molar-refractivity contribution in [3.8, 4) is 11.3 Å². The number of carbonyl (C=O) groups excluding carboxylic acids is 2. The summed E-state index contributed by atoms with van der Waals surface area (Å²) in [5.41, 5.74) is 3.57. The maximum atomic E-state index is 13.1. The highest BCUT2D eigenvalue weighted by molar-refractivity contribution is 7.13. The molecule has 4 heterocycles. The van der Waals surface area contributed by atoms with Gasteiger partial charge >= 0.3 is 0 Å². The number of aromatic amines is 1. The molecule has 37 heavy (non-hydrogen) atoms. The van der Waals surface area contributed by atoms with Crippen molar-refractivity contribution >= 4 is 44.9 Å². The Bertz CT molecular complexity index is 1380. The first kappa shape index (κ1) is 23.6. The molecule has 2 aromatic heterocycles. The Hall–Kier alpha value is -3.76. The Morgan fingerprint density at radius 2 is 1.89 bits per heavy atom. The monoisotopic (exact) mass is 515 g/mol. The van der Waals surface area contributed by atoms with E-state index in [1.54, 1.807) is 11.3 Å². The minimum atomic E-state index is -0.136. The van der Waals surface area contributed by atoms with Crippen molar-refractivity contribution in [3.05, 3.63) is 60.1 Å². The van der Waals surface area contributed by atoms with Crippen molar-refractivity contribution < 1.29 is 9.59 Å². The SMILES string of the molecule is O=C(Nc1ccc2[nH]nc(-c3ccccc3)c2c1)C1CCN(CC(=O)N2CCN(c3nccs3)CC2)C1.